The van der Waals surface area contributed by atoms with Crippen LogP contribution in [0.4, 0.5) is 0 Å². The Morgan fingerprint density at radius 2 is 1.44 bits per heavy atom. The van der Waals surface area contributed by atoms with Crippen molar-refractivity contribution in [2.75, 3.05) is 19.6 Å². The first-order valence-corrected chi connectivity index (χ1v) is 11.9. The van der Waals surface area contributed by atoms with Crippen LogP contribution in [0.15, 0.2) is 84.9 Å². The molecule has 166 valence electrons. The third-order valence-corrected chi connectivity index (χ3v) is 6.92. The largest absolute Gasteiger partial charge is 0.347 e. The second-order valence-electron chi connectivity index (χ2n) is 8.58. The molecule has 1 fully saturated rings. The lowest BCUT2D eigenvalue weighted by Crippen LogP contribution is -2.48. The number of benzene rings is 3. The quantitative estimate of drug-likeness (QED) is 0.461. The molecule has 3 aromatic carbocycles. The smallest absolute Gasteiger partial charge is 0.235 e. The summed E-state index contributed by atoms with van der Waals surface area (Å²) in [5.41, 5.74) is 2.36. The van der Waals surface area contributed by atoms with Gasteiger partial charge < -0.3 is 10.2 Å². The van der Waals surface area contributed by atoms with Gasteiger partial charge in [-0.25, -0.2) is 0 Å². The predicted molar refractivity (Wildman–Crippen MR) is 132 cm³/mol. The van der Waals surface area contributed by atoms with E-state index in [1.54, 1.807) is 0 Å². The number of likely N-dealkylation sites (tertiary alicyclic amines) is 1. The monoisotopic (exact) mass is 446 g/mol. The number of amides is 1. The summed E-state index contributed by atoms with van der Waals surface area (Å²) >= 11 is 6.15. The molecule has 0 aromatic heterocycles. The molecule has 3 aromatic rings. The van der Waals surface area contributed by atoms with Crippen molar-refractivity contribution in [3.8, 4) is 0 Å². The van der Waals surface area contributed by atoms with Gasteiger partial charge in [-0.1, -0.05) is 91.3 Å². The average Bonchev–Trinajstić information content (AvgIpc) is 3.35. The van der Waals surface area contributed by atoms with Gasteiger partial charge in [-0.3, -0.25) is 4.79 Å². The van der Waals surface area contributed by atoms with Crippen molar-refractivity contribution in [1.29, 1.82) is 0 Å². The van der Waals surface area contributed by atoms with Crippen LogP contribution in [0, 0.1) is 0 Å². The van der Waals surface area contributed by atoms with Gasteiger partial charge in [0, 0.05) is 11.6 Å². The maximum atomic E-state index is 14.2. The minimum atomic E-state index is -0.752. The minimum Gasteiger partial charge on any atom is -0.347 e. The van der Waals surface area contributed by atoms with E-state index in [-0.39, 0.29) is 11.9 Å². The van der Waals surface area contributed by atoms with E-state index < -0.39 is 5.41 Å². The van der Waals surface area contributed by atoms with Crippen LogP contribution in [0.5, 0.6) is 0 Å². The Kier molecular flexibility index (Phi) is 7.29. The molecule has 0 saturated carbocycles. The number of halogens is 1. The number of carbonyl (C=O) groups excluding carboxylic acids is 1. The molecule has 1 atom stereocenters. The summed E-state index contributed by atoms with van der Waals surface area (Å²) in [7, 11) is 0. The molecule has 0 radical (unpaired) electrons. The molecule has 0 spiro atoms. The molecular formula is C28H31ClN2O. The van der Waals surface area contributed by atoms with Gasteiger partial charge in [0.25, 0.3) is 0 Å². The number of nitrogens with one attached hydrogen (secondary N) is 1. The van der Waals surface area contributed by atoms with E-state index in [1.165, 1.54) is 12.8 Å². The fourth-order valence-electron chi connectivity index (χ4n) is 4.88. The van der Waals surface area contributed by atoms with E-state index in [1.807, 2.05) is 60.7 Å². The topological polar surface area (TPSA) is 32.3 Å². The van der Waals surface area contributed by atoms with Crippen LogP contribution in [-0.2, 0) is 10.2 Å². The fourth-order valence-corrected chi connectivity index (χ4v) is 5.00. The Morgan fingerprint density at radius 1 is 0.906 bits per heavy atom. The molecular weight excluding hydrogens is 416 g/mol. The average molecular weight is 447 g/mol. The van der Waals surface area contributed by atoms with Crippen molar-refractivity contribution in [1.82, 2.24) is 10.2 Å². The SMILES string of the molecule is CCC(C(=O)N[C@H](CN1CCCC1)c1ccc(Cl)cc1)(c1ccccc1)c1ccccc1. The van der Waals surface area contributed by atoms with Gasteiger partial charge in [0.05, 0.1) is 11.5 Å². The Balaban J connectivity index is 1.72. The van der Waals surface area contributed by atoms with E-state index in [0.29, 0.717) is 11.4 Å². The van der Waals surface area contributed by atoms with Crippen molar-refractivity contribution in [3.05, 3.63) is 107 Å². The second-order valence-corrected chi connectivity index (χ2v) is 9.01. The summed E-state index contributed by atoms with van der Waals surface area (Å²) in [4.78, 5) is 16.6. The van der Waals surface area contributed by atoms with Crippen molar-refractivity contribution in [2.24, 2.45) is 0 Å². The molecule has 1 heterocycles. The maximum Gasteiger partial charge on any atom is 0.235 e. The fraction of sp³-hybridized carbons (Fsp3) is 0.321. The molecule has 1 aliphatic heterocycles. The molecule has 1 amide bonds. The van der Waals surface area contributed by atoms with Gasteiger partial charge >= 0.3 is 0 Å². The van der Waals surface area contributed by atoms with Crippen LogP contribution in [0.25, 0.3) is 0 Å². The van der Waals surface area contributed by atoms with Crippen molar-refractivity contribution >= 4 is 17.5 Å². The Bertz CT molecular complexity index is 959. The predicted octanol–water partition coefficient (Wildman–Crippen LogP) is 5.99. The lowest BCUT2D eigenvalue weighted by atomic mass is 9.71. The first-order valence-electron chi connectivity index (χ1n) is 11.5. The normalized spacial score (nSPS) is 15.4. The molecule has 4 heteroatoms. The van der Waals surface area contributed by atoms with E-state index in [9.17, 15) is 4.79 Å². The molecule has 1 aliphatic rings. The maximum absolute atomic E-state index is 14.2. The van der Waals surface area contributed by atoms with Crippen LogP contribution < -0.4 is 5.32 Å². The number of nitrogens with zero attached hydrogens (tertiary/aromatic N) is 1. The Hall–Kier alpha value is -2.62. The van der Waals surface area contributed by atoms with Gasteiger partial charge in [0.2, 0.25) is 5.91 Å². The van der Waals surface area contributed by atoms with E-state index in [0.717, 1.165) is 36.3 Å². The summed E-state index contributed by atoms with van der Waals surface area (Å²) in [5.74, 6) is 0.0385. The highest BCUT2D eigenvalue weighted by Crippen LogP contribution is 2.37. The molecule has 32 heavy (non-hydrogen) atoms. The lowest BCUT2D eigenvalue weighted by Gasteiger charge is -2.35. The number of carbonyl (C=O) groups is 1. The number of rotatable bonds is 8. The highest BCUT2D eigenvalue weighted by atomic mass is 35.5. The summed E-state index contributed by atoms with van der Waals surface area (Å²) < 4.78 is 0. The highest BCUT2D eigenvalue weighted by molar-refractivity contribution is 6.30. The molecule has 4 rings (SSSR count). The lowest BCUT2D eigenvalue weighted by molar-refractivity contribution is -0.126. The molecule has 1 saturated heterocycles. The van der Waals surface area contributed by atoms with Gasteiger partial charge in [0.1, 0.15) is 0 Å². The molecule has 0 aliphatic carbocycles. The van der Waals surface area contributed by atoms with Crippen molar-refractivity contribution in [3.63, 3.8) is 0 Å². The standard InChI is InChI=1S/C28H31ClN2O/c1-2-28(23-11-5-3-6-12-23,24-13-7-4-8-14-24)27(32)30-26(21-31-19-9-10-20-31)22-15-17-25(29)18-16-22/h3-8,11-18,26H,2,9-10,19-21H2,1H3,(H,30,32)/t26-/m1/s1. The van der Waals surface area contributed by atoms with Gasteiger partial charge in [-0.15, -0.1) is 0 Å². The zero-order valence-corrected chi connectivity index (χ0v) is 19.4. The Morgan fingerprint density at radius 3 is 1.94 bits per heavy atom. The van der Waals surface area contributed by atoms with E-state index in [2.05, 4.69) is 41.4 Å². The van der Waals surface area contributed by atoms with Gasteiger partial charge in [-0.2, -0.15) is 0 Å². The first-order chi connectivity index (χ1) is 15.6. The summed E-state index contributed by atoms with van der Waals surface area (Å²) in [5, 5.41) is 4.15. The van der Waals surface area contributed by atoms with Crippen LogP contribution >= 0.6 is 11.6 Å². The highest BCUT2D eigenvalue weighted by Gasteiger charge is 2.41. The number of hydrogen-bond donors (Lipinski definition) is 1. The third kappa shape index (κ3) is 4.74. The van der Waals surface area contributed by atoms with E-state index >= 15 is 0 Å². The van der Waals surface area contributed by atoms with Crippen LogP contribution in [0.1, 0.15) is 48.9 Å². The van der Waals surface area contributed by atoms with Gasteiger partial charge in [0.15, 0.2) is 0 Å². The summed E-state index contributed by atoms with van der Waals surface area (Å²) in [6.07, 6.45) is 3.10. The molecule has 0 bridgehead atoms. The van der Waals surface area contributed by atoms with Crippen LogP contribution in [-0.4, -0.2) is 30.4 Å². The molecule has 1 N–H and O–H groups in total. The number of hydrogen-bond acceptors (Lipinski definition) is 2. The Labute approximate surface area is 196 Å². The summed E-state index contributed by atoms with van der Waals surface area (Å²) in [6.45, 7) is 5.06. The second kappa shape index (κ2) is 10.3. The van der Waals surface area contributed by atoms with Crippen molar-refractivity contribution < 1.29 is 4.79 Å². The first kappa shape index (κ1) is 22.6. The van der Waals surface area contributed by atoms with Gasteiger partial charge in [-0.05, 0) is 61.2 Å². The molecule has 0 unspecified atom stereocenters. The minimum absolute atomic E-state index is 0.0385. The zero-order chi connectivity index (χ0) is 22.4. The zero-order valence-electron chi connectivity index (χ0n) is 18.6. The third-order valence-electron chi connectivity index (χ3n) is 6.67. The van der Waals surface area contributed by atoms with Crippen molar-refractivity contribution in [2.45, 2.75) is 37.6 Å². The molecule has 3 nitrogen and oxygen atoms in total. The van der Waals surface area contributed by atoms with Crippen LogP contribution in [0.3, 0.4) is 0 Å². The van der Waals surface area contributed by atoms with Crippen LogP contribution in [0.2, 0.25) is 5.02 Å². The van der Waals surface area contributed by atoms with E-state index in [4.69, 9.17) is 11.6 Å². The summed E-state index contributed by atoms with van der Waals surface area (Å²) in [6, 6.07) is 28.1.